The summed E-state index contributed by atoms with van der Waals surface area (Å²) in [5.74, 6) is -0.463. The highest BCUT2D eigenvalue weighted by atomic mass is 16.5. The molecule has 0 unspecified atom stereocenters. The van der Waals surface area contributed by atoms with Crippen LogP contribution in [0.25, 0.3) is 16.9 Å². The Hall–Kier alpha value is -3.91. The number of carbonyl (C=O) groups is 1. The summed E-state index contributed by atoms with van der Waals surface area (Å²) in [4.78, 5) is 18.3. The van der Waals surface area contributed by atoms with Gasteiger partial charge in [-0.05, 0) is 48.5 Å². The van der Waals surface area contributed by atoms with Gasteiger partial charge in [0, 0.05) is 35.6 Å². The summed E-state index contributed by atoms with van der Waals surface area (Å²) >= 11 is 0. The Kier molecular flexibility index (Phi) is 4.97. The van der Waals surface area contributed by atoms with Crippen molar-refractivity contribution in [2.24, 2.45) is 5.73 Å². The van der Waals surface area contributed by atoms with E-state index < -0.39 is 5.91 Å². The molecule has 8 heteroatoms. The molecule has 8 nitrogen and oxygen atoms in total. The second kappa shape index (κ2) is 8.08. The maximum absolute atomic E-state index is 11.5. The number of ether oxygens (including phenoxy) is 1. The number of hydrogen-bond acceptors (Lipinski definition) is 6. The molecule has 0 saturated carbocycles. The fourth-order valence-corrected chi connectivity index (χ4v) is 3.79. The van der Waals surface area contributed by atoms with Gasteiger partial charge in [0.1, 0.15) is 6.33 Å². The Labute approximate surface area is 179 Å². The van der Waals surface area contributed by atoms with E-state index >= 15 is 0 Å². The van der Waals surface area contributed by atoms with E-state index in [2.05, 4.69) is 44.6 Å². The van der Waals surface area contributed by atoms with Crippen molar-refractivity contribution >= 4 is 28.6 Å². The summed E-state index contributed by atoms with van der Waals surface area (Å²) < 4.78 is 7.18. The highest BCUT2D eigenvalue weighted by molar-refractivity contribution is 5.94. The van der Waals surface area contributed by atoms with Crippen molar-refractivity contribution in [3.8, 4) is 11.3 Å². The number of nitrogens with one attached hydrogen (secondary N) is 1. The molecule has 0 bridgehead atoms. The molecular weight excluding hydrogens is 392 g/mol. The van der Waals surface area contributed by atoms with E-state index in [9.17, 15) is 4.79 Å². The van der Waals surface area contributed by atoms with Crippen molar-refractivity contribution < 1.29 is 9.53 Å². The number of aromatic nitrogens is 3. The lowest BCUT2D eigenvalue weighted by Gasteiger charge is -2.28. The van der Waals surface area contributed by atoms with Crippen molar-refractivity contribution in [2.45, 2.75) is 0 Å². The lowest BCUT2D eigenvalue weighted by atomic mass is 10.1. The first-order valence-corrected chi connectivity index (χ1v) is 10.1. The quantitative estimate of drug-likeness (QED) is 0.521. The van der Waals surface area contributed by atoms with Crippen molar-refractivity contribution in [2.75, 3.05) is 36.5 Å². The van der Waals surface area contributed by atoms with Crippen LogP contribution in [-0.2, 0) is 4.74 Å². The van der Waals surface area contributed by atoms with Gasteiger partial charge >= 0.3 is 0 Å². The Morgan fingerprint density at radius 3 is 2.61 bits per heavy atom. The minimum atomic E-state index is -0.463. The molecule has 0 atom stereocenters. The molecule has 5 rings (SSSR count). The molecule has 1 fully saturated rings. The van der Waals surface area contributed by atoms with Crippen molar-refractivity contribution in [3.05, 3.63) is 72.6 Å². The zero-order valence-electron chi connectivity index (χ0n) is 16.9. The van der Waals surface area contributed by atoms with Crippen molar-refractivity contribution in [1.82, 2.24) is 14.6 Å². The second-order valence-electron chi connectivity index (χ2n) is 7.34. The summed E-state index contributed by atoms with van der Waals surface area (Å²) in [6.45, 7) is 3.34. The van der Waals surface area contributed by atoms with Gasteiger partial charge in [-0.2, -0.15) is 5.10 Å². The maximum Gasteiger partial charge on any atom is 0.248 e. The summed E-state index contributed by atoms with van der Waals surface area (Å²) in [6, 6.07) is 19.4. The number of primary amides is 1. The molecule has 3 N–H and O–H groups in total. The molecule has 156 valence electrons. The third-order valence-corrected chi connectivity index (χ3v) is 5.39. The molecule has 2 aromatic carbocycles. The average molecular weight is 414 g/mol. The zero-order valence-corrected chi connectivity index (χ0v) is 16.9. The Morgan fingerprint density at radius 2 is 1.84 bits per heavy atom. The fraction of sp³-hybridized carbons (Fsp3) is 0.174. The van der Waals surface area contributed by atoms with E-state index in [1.807, 2.05) is 18.2 Å². The topological polar surface area (TPSA) is 97.8 Å². The molecule has 1 saturated heterocycles. The number of benzene rings is 2. The largest absolute Gasteiger partial charge is 0.378 e. The van der Waals surface area contributed by atoms with Crippen LogP contribution in [-0.4, -0.2) is 46.8 Å². The predicted octanol–water partition coefficient (Wildman–Crippen LogP) is 3.08. The van der Waals surface area contributed by atoms with E-state index in [0.717, 1.165) is 48.9 Å². The molecule has 2 aromatic heterocycles. The van der Waals surface area contributed by atoms with Gasteiger partial charge < -0.3 is 20.7 Å². The number of hydrogen-bond donors (Lipinski definition) is 2. The first-order valence-electron chi connectivity index (χ1n) is 10.1. The van der Waals surface area contributed by atoms with E-state index in [-0.39, 0.29) is 0 Å². The van der Waals surface area contributed by atoms with Gasteiger partial charge in [-0.1, -0.05) is 12.1 Å². The van der Waals surface area contributed by atoms with Gasteiger partial charge in [-0.3, -0.25) is 4.79 Å². The number of amides is 1. The van der Waals surface area contributed by atoms with E-state index in [4.69, 9.17) is 10.5 Å². The Bertz CT molecular complexity index is 1230. The van der Waals surface area contributed by atoms with Crippen LogP contribution in [0.15, 0.2) is 67.0 Å². The first-order chi connectivity index (χ1) is 15.2. The van der Waals surface area contributed by atoms with Gasteiger partial charge in [-0.15, -0.1) is 0 Å². The van der Waals surface area contributed by atoms with Gasteiger partial charge in [0.2, 0.25) is 5.91 Å². The lowest BCUT2D eigenvalue weighted by molar-refractivity contribution is 0.100. The molecule has 1 amide bonds. The highest BCUT2D eigenvalue weighted by Crippen LogP contribution is 2.28. The lowest BCUT2D eigenvalue weighted by Crippen LogP contribution is -2.36. The molecule has 0 spiro atoms. The van der Waals surface area contributed by atoms with Crippen molar-refractivity contribution in [1.29, 1.82) is 0 Å². The standard InChI is InChI=1S/C23H22N6O2/c24-22(30)17-3-1-2-16(14-17)21-9-8-20(23-25-15-26-29(21)23)27-18-4-6-19(7-5-18)28-10-12-31-13-11-28/h1-9,14-15,27H,10-13H2,(H2,24,30). The summed E-state index contributed by atoms with van der Waals surface area (Å²) in [5, 5.41) is 7.81. The SMILES string of the molecule is NC(=O)c1cccc(-c2ccc(Nc3ccc(N4CCOCC4)cc3)c3ncnn23)c1. The number of fused-ring (bicyclic) bond motifs is 1. The number of nitrogens with two attached hydrogens (primary N) is 1. The minimum absolute atomic E-state index is 0.452. The summed E-state index contributed by atoms with van der Waals surface area (Å²) in [5.41, 5.74) is 11.2. The van der Waals surface area contributed by atoms with Gasteiger partial charge in [-0.25, -0.2) is 9.50 Å². The van der Waals surface area contributed by atoms with Gasteiger partial charge in [0.25, 0.3) is 0 Å². The number of nitrogens with zero attached hydrogens (tertiary/aromatic N) is 4. The Balaban J connectivity index is 1.43. The average Bonchev–Trinajstić information content (AvgIpc) is 3.31. The van der Waals surface area contributed by atoms with Crippen LogP contribution in [0.1, 0.15) is 10.4 Å². The first kappa shape index (κ1) is 19.1. The van der Waals surface area contributed by atoms with Crippen LogP contribution in [0.2, 0.25) is 0 Å². The molecule has 4 aromatic rings. The minimum Gasteiger partial charge on any atom is -0.378 e. The number of rotatable bonds is 5. The molecule has 0 radical (unpaired) electrons. The monoisotopic (exact) mass is 414 g/mol. The van der Waals surface area contributed by atoms with Crippen LogP contribution >= 0.6 is 0 Å². The summed E-state index contributed by atoms with van der Waals surface area (Å²) in [7, 11) is 0. The molecule has 0 aliphatic carbocycles. The van der Waals surface area contributed by atoms with Crippen LogP contribution in [0.5, 0.6) is 0 Å². The van der Waals surface area contributed by atoms with Crippen LogP contribution in [0.3, 0.4) is 0 Å². The van der Waals surface area contributed by atoms with Crippen molar-refractivity contribution in [3.63, 3.8) is 0 Å². The number of anilines is 3. The highest BCUT2D eigenvalue weighted by Gasteiger charge is 2.13. The van der Waals surface area contributed by atoms with Crippen LogP contribution in [0, 0.1) is 0 Å². The zero-order chi connectivity index (χ0) is 21.2. The molecular formula is C23H22N6O2. The third kappa shape index (κ3) is 3.80. The third-order valence-electron chi connectivity index (χ3n) is 5.39. The van der Waals surface area contributed by atoms with E-state index in [0.29, 0.717) is 11.2 Å². The maximum atomic E-state index is 11.5. The van der Waals surface area contributed by atoms with E-state index in [1.165, 1.54) is 12.0 Å². The molecule has 3 heterocycles. The normalized spacial score (nSPS) is 14.0. The fourth-order valence-electron chi connectivity index (χ4n) is 3.79. The number of pyridine rings is 1. The molecule has 31 heavy (non-hydrogen) atoms. The second-order valence-corrected chi connectivity index (χ2v) is 7.34. The van der Waals surface area contributed by atoms with Gasteiger partial charge in [0.15, 0.2) is 5.65 Å². The predicted molar refractivity (Wildman–Crippen MR) is 120 cm³/mol. The van der Waals surface area contributed by atoms with E-state index in [1.54, 1.807) is 22.7 Å². The van der Waals surface area contributed by atoms with Gasteiger partial charge in [0.05, 0.1) is 24.6 Å². The molecule has 1 aliphatic heterocycles. The van der Waals surface area contributed by atoms with Crippen LogP contribution in [0.4, 0.5) is 17.1 Å². The number of morpholine rings is 1. The number of carbonyl (C=O) groups excluding carboxylic acids is 1. The summed E-state index contributed by atoms with van der Waals surface area (Å²) in [6.07, 6.45) is 1.52. The van der Waals surface area contributed by atoms with Crippen LogP contribution < -0.4 is 16.0 Å². The smallest absolute Gasteiger partial charge is 0.248 e. The molecule has 1 aliphatic rings. The Morgan fingerprint density at radius 1 is 1.03 bits per heavy atom.